The van der Waals surface area contributed by atoms with Crippen molar-refractivity contribution in [2.75, 3.05) is 18.4 Å². The molecule has 0 aromatic heterocycles. The molecule has 5 heteroatoms. The number of aryl methyl sites for hydroxylation is 1. The van der Waals surface area contributed by atoms with Crippen molar-refractivity contribution in [2.24, 2.45) is 5.92 Å². The molecule has 1 aromatic carbocycles. The zero-order chi connectivity index (χ0) is 13.7. The molecule has 20 heavy (non-hydrogen) atoms. The van der Waals surface area contributed by atoms with E-state index in [1.807, 2.05) is 12.1 Å². The first-order valence-corrected chi connectivity index (χ1v) is 7.77. The lowest BCUT2D eigenvalue weighted by Crippen LogP contribution is -2.30. The number of hydrogen-bond acceptors (Lipinski definition) is 2. The second-order valence-corrected chi connectivity index (χ2v) is 6.02. The Morgan fingerprint density at radius 2 is 2.10 bits per heavy atom. The normalized spacial score (nSPS) is 15.5. The second-order valence-electron chi connectivity index (χ2n) is 5.10. The van der Waals surface area contributed by atoms with Gasteiger partial charge in [0, 0.05) is 16.6 Å². The van der Waals surface area contributed by atoms with Gasteiger partial charge in [0.05, 0.1) is 0 Å². The summed E-state index contributed by atoms with van der Waals surface area (Å²) in [6, 6.07) is 6.02. The predicted molar refractivity (Wildman–Crippen MR) is 89.6 cm³/mol. The molecule has 0 radical (unpaired) electrons. The van der Waals surface area contributed by atoms with Gasteiger partial charge in [0.1, 0.15) is 0 Å². The molecule has 1 saturated heterocycles. The summed E-state index contributed by atoms with van der Waals surface area (Å²) in [5, 5.41) is 6.38. The highest BCUT2D eigenvalue weighted by molar-refractivity contribution is 9.10. The molecule has 0 atom stereocenters. The molecule has 2 rings (SSSR count). The van der Waals surface area contributed by atoms with Gasteiger partial charge >= 0.3 is 0 Å². The highest BCUT2D eigenvalue weighted by atomic mass is 79.9. The first-order valence-electron chi connectivity index (χ1n) is 6.98. The van der Waals surface area contributed by atoms with E-state index >= 15 is 0 Å². The van der Waals surface area contributed by atoms with Gasteiger partial charge in [-0.05, 0) is 62.0 Å². The van der Waals surface area contributed by atoms with Crippen molar-refractivity contribution in [3.8, 4) is 0 Å². The van der Waals surface area contributed by atoms with Gasteiger partial charge in [-0.2, -0.15) is 0 Å². The zero-order valence-electron chi connectivity index (χ0n) is 11.7. The SMILES string of the molecule is CCc1cc(Br)ccc1NC(=O)CC1CCNCC1.Cl. The van der Waals surface area contributed by atoms with Gasteiger partial charge in [-0.3, -0.25) is 4.79 Å². The van der Waals surface area contributed by atoms with E-state index in [2.05, 4.69) is 39.6 Å². The van der Waals surface area contributed by atoms with Gasteiger partial charge in [0.25, 0.3) is 0 Å². The number of nitrogens with one attached hydrogen (secondary N) is 2. The fraction of sp³-hybridized carbons (Fsp3) is 0.533. The van der Waals surface area contributed by atoms with Crippen molar-refractivity contribution in [1.82, 2.24) is 5.32 Å². The van der Waals surface area contributed by atoms with Gasteiger partial charge in [-0.1, -0.05) is 22.9 Å². The molecule has 0 aliphatic carbocycles. The van der Waals surface area contributed by atoms with Crippen LogP contribution in [0.5, 0.6) is 0 Å². The van der Waals surface area contributed by atoms with E-state index < -0.39 is 0 Å². The first-order chi connectivity index (χ1) is 9.19. The molecule has 2 N–H and O–H groups in total. The summed E-state index contributed by atoms with van der Waals surface area (Å²) >= 11 is 3.46. The number of anilines is 1. The third-order valence-electron chi connectivity index (χ3n) is 3.66. The molecule has 1 aromatic rings. The minimum atomic E-state index is 0. The lowest BCUT2D eigenvalue weighted by Gasteiger charge is -2.22. The topological polar surface area (TPSA) is 41.1 Å². The number of benzene rings is 1. The Labute approximate surface area is 135 Å². The Morgan fingerprint density at radius 3 is 2.75 bits per heavy atom. The van der Waals surface area contributed by atoms with Crippen LogP contribution >= 0.6 is 28.3 Å². The van der Waals surface area contributed by atoms with E-state index in [0.717, 1.165) is 42.5 Å². The van der Waals surface area contributed by atoms with Crippen LogP contribution in [0.25, 0.3) is 0 Å². The lowest BCUT2D eigenvalue weighted by molar-refractivity contribution is -0.117. The van der Waals surface area contributed by atoms with Crippen molar-refractivity contribution in [2.45, 2.75) is 32.6 Å². The summed E-state index contributed by atoms with van der Waals surface area (Å²) in [6.07, 6.45) is 3.77. The standard InChI is InChI=1S/C15H21BrN2O.ClH/c1-2-12-10-13(16)3-4-14(12)18-15(19)9-11-5-7-17-8-6-11;/h3-4,10-11,17H,2,5-9H2,1H3,(H,18,19);1H. The van der Waals surface area contributed by atoms with Crippen LogP contribution in [-0.2, 0) is 11.2 Å². The average molecular weight is 362 g/mol. The number of amides is 1. The van der Waals surface area contributed by atoms with Crippen molar-refractivity contribution in [3.05, 3.63) is 28.2 Å². The third kappa shape index (κ3) is 5.08. The van der Waals surface area contributed by atoms with Crippen molar-refractivity contribution in [3.63, 3.8) is 0 Å². The fourth-order valence-corrected chi connectivity index (χ4v) is 2.93. The number of hydrogen-bond donors (Lipinski definition) is 2. The van der Waals surface area contributed by atoms with Crippen LogP contribution in [0.1, 0.15) is 31.7 Å². The van der Waals surface area contributed by atoms with Crippen LogP contribution in [0, 0.1) is 5.92 Å². The number of carbonyl (C=O) groups excluding carboxylic acids is 1. The molecule has 1 aliphatic rings. The molecule has 112 valence electrons. The fourth-order valence-electron chi connectivity index (χ4n) is 2.53. The van der Waals surface area contributed by atoms with E-state index in [0.29, 0.717) is 12.3 Å². The predicted octanol–water partition coefficient (Wildman–Crippen LogP) is 3.76. The van der Waals surface area contributed by atoms with Crippen LogP contribution in [-0.4, -0.2) is 19.0 Å². The quantitative estimate of drug-likeness (QED) is 0.857. The maximum absolute atomic E-state index is 12.1. The van der Waals surface area contributed by atoms with E-state index in [1.165, 1.54) is 5.56 Å². The summed E-state index contributed by atoms with van der Waals surface area (Å²) in [5.41, 5.74) is 2.12. The summed E-state index contributed by atoms with van der Waals surface area (Å²) < 4.78 is 1.06. The largest absolute Gasteiger partial charge is 0.326 e. The van der Waals surface area contributed by atoms with Crippen molar-refractivity contribution >= 4 is 39.9 Å². The molecular weight excluding hydrogens is 340 g/mol. The molecule has 1 aliphatic heterocycles. The van der Waals surface area contributed by atoms with Crippen LogP contribution in [0.15, 0.2) is 22.7 Å². The summed E-state index contributed by atoms with van der Waals surface area (Å²) in [6.45, 7) is 4.18. The minimum absolute atomic E-state index is 0. The van der Waals surface area contributed by atoms with E-state index in [4.69, 9.17) is 0 Å². The molecule has 1 heterocycles. The number of halogens is 2. The minimum Gasteiger partial charge on any atom is -0.326 e. The molecular formula is C15H22BrClN2O. The van der Waals surface area contributed by atoms with Crippen LogP contribution in [0.2, 0.25) is 0 Å². The van der Waals surface area contributed by atoms with Gasteiger partial charge < -0.3 is 10.6 Å². The van der Waals surface area contributed by atoms with Crippen molar-refractivity contribution in [1.29, 1.82) is 0 Å². The highest BCUT2D eigenvalue weighted by Gasteiger charge is 2.17. The van der Waals surface area contributed by atoms with Gasteiger partial charge in [0.2, 0.25) is 5.91 Å². The summed E-state index contributed by atoms with van der Waals surface area (Å²) in [7, 11) is 0. The van der Waals surface area contributed by atoms with Crippen LogP contribution in [0.3, 0.4) is 0 Å². The van der Waals surface area contributed by atoms with Gasteiger partial charge in [0.15, 0.2) is 0 Å². The van der Waals surface area contributed by atoms with E-state index in [9.17, 15) is 4.79 Å². The lowest BCUT2D eigenvalue weighted by atomic mass is 9.94. The summed E-state index contributed by atoms with van der Waals surface area (Å²) in [4.78, 5) is 12.1. The number of rotatable bonds is 4. The number of carbonyl (C=O) groups is 1. The van der Waals surface area contributed by atoms with Crippen LogP contribution in [0.4, 0.5) is 5.69 Å². The first kappa shape index (κ1) is 17.5. The maximum Gasteiger partial charge on any atom is 0.224 e. The van der Waals surface area contributed by atoms with Crippen molar-refractivity contribution < 1.29 is 4.79 Å². The zero-order valence-corrected chi connectivity index (χ0v) is 14.1. The Bertz CT molecular complexity index is 447. The molecule has 0 saturated carbocycles. The van der Waals surface area contributed by atoms with E-state index in [-0.39, 0.29) is 18.3 Å². The molecule has 0 unspecified atom stereocenters. The second kappa shape index (κ2) is 8.65. The van der Waals surface area contributed by atoms with E-state index in [1.54, 1.807) is 0 Å². The molecule has 1 amide bonds. The Morgan fingerprint density at radius 1 is 1.40 bits per heavy atom. The average Bonchev–Trinajstić information content (AvgIpc) is 2.42. The highest BCUT2D eigenvalue weighted by Crippen LogP contribution is 2.23. The molecule has 0 bridgehead atoms. The molecule has 0 spiro atoms. The number of piperidine rings is 1. The maximum atomic E-state index is 12.1. The Kier molecular flexibility index (Phi) is 7.56. The monoisotopic (exact) mass is 360 g/mol. The Balaban J connectivity index is 0.00000200. The molecule has 3 nitrogen and oxygen atoms in total. The third-order valence-corrected chi connectivity index (χ3v) is 4.15. The van der Waals surface area contributed by atoms with Gasteiger partial charge in [-0.15, -0.1) is 12.4 Å². The molecule has 1 fully saturated rings. The van der Waals surface area contributed by atoms with Gasteiger partial charge in [-0.25, -0.2) is 0 Å². The van der Waals surface area contributed by atoms with Crippen LogP contribution < -0.4 is 10.6 Å². The Hall–Kier alpha value is -0.580. The smallest absolute Gasteiger partial charge is 0.224 e. The summed E-state index contributed by atoms with van der Waals surface area (Å²) in [5.74, 6) is 0.672.